The number of hydrogen-bond donors (Lipinski definition) is 0. The van der Waals surface area contributed by atoms with Crippen molar-refractivity contribution in [2.75, 3.05) is 36.9 Å². The van der Waals surface area contributed by atoms with Gasteiger partial charge < -0.3 is 9.64 Å². The highest BCUT2D eigenvalue weighted by molar-refractivity contribution is 8.00. The van der Waals surface area contributed by atoms with Crippen molar-refractivity contribution in [2.24, 2.45) is 0 Å². The van der Waals surface area contributed by atoms with Crippen LogP contribution in [0.3, 0.4) is 0 Å². The molecule has 0 saturated carbocycles. The molecule has 0 bridgehead atoms. The summed E-state index contributed by atoms with van der Waals surface area (Å²) in [5.41, 5.74) is 1.82. The molecule has 9 nitrogen and oxygen atoms in total. The van der Waals surface area contributed by atoms with Crippen molar-refractivity contribution in [3.63, 3.8) is 0 Å². The molecule has 0 aromatic heterocycles. The van der Waals surface area contributed by atoms with Gasteiger partial charge in [-0.15, -0.1) is 11.8 Å². The van der Waals surface area contributed by atoms with Crippen molar-refractivity contribution >= 4 is 39.1 Å². The van der Waals surface area contributed by atoms with Crippen LogP contribution in [0.2, 0.25) is 0 Å². The van der Waals surface area contributed by atoms with Gasteiger partial charge in [0, 0.05) is 37.4 Å². The summed E-state index contributed by atoms with van der Waals surface area (Å²) in [4.78, 5) is 24.8. The molecule has 33 heavy (non-hydrogen) atoms. The molecule has 2 aromatic carbocycles. The van der Waals surface area contributed by atoms with Crippen molar-refractivity contribution in [2.45, 2.75) is 36.6 Å². The standard InChI is InChI=1S/C22H27N3O6S2/c1-4-31-22(26)15-32-21-9-8-19(13-20(21)25(27)28)33(29,30)23-10-11-24(17(3)14-23)18-7-5-6-16(2)12-18/h5-9,12-13,17H,4,10-11,14-15H2,1-3H3. The van der Waals surface area contributed by atoms with E-state index < -0.39 is 20.9 Å². The molecule has 0 spiro atoms. The summed E-state index contributed by atoms with van der Waals surface area (Å²) in [7, 11) is -3.92. The first kappa shape index (κ1) is 25.0. The van der Waals surface area contributed by atoms with E-state index in [1.54, 1.807) is 6.92 Å². The number of carbonyl (C=O) groups is 1. The first-order valence-corrected chi connectivity index (χ1v) is 13.0. The number of benzene rings is 2. The van der Waals surface area contributed by atoms with E-state index in [0.29, 0.717) is 6.54 Å². The number of esters is 1. The molecule has 1 fully saturated rings. The number of carbonyl (C=O) groups excluding carboxylic acids is 1. The Bertz CT molecular complexity index is 1140. The minimum absolute atomic E-state index is 0.0651. The predicted octanol–water partition coefficient (Wildman–Crippen LogP) is 3.46. The molecule has 3 rings (SSSR count). The van der Waals surface area contributed by atoms with Gasteiger partial charge in [-0.2, -0.15) is 4.31 Å². The Balaban J connectivity index is 1.79. The van der Waals surface area contributed by atoms with Crippen LogP contribution in [0.1, 0.15) is 19.4 Å². The topological polar surface area (TPSA) is 110 Å². The molecule has 1 unspecified atom stereocenters. The number of piperazine rings is 1. The second kappa shape index (κ2) is 10.5. The lowest BCUT2D eigenvalue weighted by Gasteiger charge is -2.40. The van der Waals surface area contributed by atoms with Crippen LogP contribution >= 0.6 is 11.8 Å². The van der Waals surface area contributed by atoms with Crippen molar-refractivity contribution in [3.8, 4) is 0 Å². The number of aryl methyl sites for hydroxylation is 1. The molecular weight excluding hydrogens is 466 g/mol. The Kier molecular flexibility index (Phi) is 7.98. The van der Waals surface area contributed by atoms with Gasteiger partial charge in [-0.3, -0.25) is 14.9 Å². The molecule has 1 saturated heterocycles. The summed E-state index contributed by atoms with van der Waals surface area (Å²) in [6, 6.07) is 11.8. The van der Waals surface area contributed by atoms with Crippen LogP contribution in [0.4, 0.5) is 11.4 Å². The molecule has 1 aliphatic heterocycles. The summed E-state index contributed by atoms with van der Waals surface area (Å²) in [5.74, 6) is -0.590. The Morgan fingerprint density at radius 2 is 2.00 bits per heavy atom. The Labute approximate surface area is 197 Å². The average molecular weight is 494 g/mol. The van der Waals surface area contributed by atoms with E-state index in [4.69, 9.17) is 4.74 Å². The van der Waals surface area contributed by atoms with Gasteiger partial charge in [-0.25, -0.2) is 8.42 Å². The van der Waals surface area contributed by atoms with Crippen molar-refractivity contribution in [1.82, 2.24) is 4.31 Å². The second-order valence-electron chi connectivity index (χ2n) is 7.72. The van der Waals surface area contributed by atoms with E-state index >= 15 is 0 Å². The van der Waals surface area contributed by atoms with Crippen molar-refractivity contribution in [1.29, 1.82) is 0 Å². The van der Waals surface area contributed by atoms with E-state index in [2.05, 4.69) is 11.0 Å². The zero-order valence-electron chi connectivity index (χ0n) is 18.8. The first-order chi connectivity index (χ1) is 15.6. The van der Waals surface area contributed by atoms with Crippen molar-refractivity contribution < 1.29 is 22.9 Å². The van der Waals surface area contributed by atoms with E-state index in [1.165, 1.54) is 16.4 Å². The van der Waals surface area contributed by atoms with E-state index in [0.717, 1.165) is 29.1 Å². The number of anilines is 1. The molecule has 11 heteroatoms. The number of ether oxygens (including phenoxy) is 1. The van der Waals surface area contributed by atoms with Gasteiger partial charge in [-0.05, 0) is 50.6 Å². The van der Waals surface area contributed by atoms with Crippen LogP contribution in [0.15, 0.2) is 52.3 Å². The molecule has 0 N–H and O–H groups in total. The number of sulfonamides is 1. The molecule has 1 aliphatic rings. The molecule has 0 aliphatic carbocycles. The summed E-state index contributed by atoms with van der Waals surface area (Å²) >= 11 is 0.946. The molecule has 0 radical (unpaired) electrons. The number of nitro groups is 1. The summed E-state index contributed by atoms with van der Waals surface area (Å²) in [6.07, 6.45) is 0. The fourth-order valence-electron chi connectivity index (χ4n) is 3.74. The maximum Gasteiger partial charge on any atom is 0.316 e. The zero-order valence-corrected chi connectivity index (χ0v) is 20.4. The lowest BCUT2D eigenvalue weighted by molar-refractivity contribution is -0.388. The van der Waals surface area contributed by atoms with Crippen LogP contribution in [0, 0.1) is 17.0 Å². The van der Waals surface area contributed by atoms with Gasteiger partial charge in [0.1, 0.15) is 0 Å². The van der Waals surface area contributed by atoms with Gasteiger partial charge in [-0.1, -0.05) is 12.1 Å². The SMILES string of the molecule is CCOC(=O)CSc1ccc(S(=O)(=O)N2CCN(c3cccc(C)c3)C(C)C2)cc1[N+](=O)[O-]. The van der Waals surface area contributed by atoms with E-state index in [-0.39, 0.29) is 47.0 Å². The van der Waals surface area contributed by atoms with Crippen molar-refractivity contribution in [3.05, 3.63) is 58.1 Å². The highest BCUT2D eigenvalue weighted by atomic mass is 32.2. The van der Waals surface area contributed by atoms with Gasteiger partial charge in [0.05, 0.1) is 27.1 Å². The predicted molar refractivity (Wildman–Crippen MR) is 127 cm³/mol. The third kappa shape index (κ3) is 5.84. The highest BCUT2D eigenvalue weighted by Crippen LogP contribution is 2.33. The molecular formula is C22H27N3O6S2. The van der Waals surface area contributed by atoms with Crippen LogP contribution in [0.25, 0.3) is 0 Å². The van der Waals surface area contributed by atoms with Crippen LogP contribution in [-0.4, -0.2) is 61.7 Å². The second-order valence-corrected chi connectivity index (χ2v) is 10.7. The monoisotopic (exact) mass is 493 g/mol. The Hall–Kier alpha value is -2.63. The third-order valence-corrected chi connectivity index (χ3v) is 8.24. The molecule has 1 heterocycles. The van der Waals surface area contributed by atoms with E-state index in [9.17, 15) is 23.3 Å². The smallest absolute Gasteiger partial charge is 0.316 e. The Morgan fingerprint density at radius 1 is 1.24 bits per heavy atom. The normalized spacial score (nSPS) is 17.1. The molecule has 0 amide bonds. The summed E-state index contributed by atoms with van der Waals surface area (Å²) < 4.78 is 32.8. The zero-order chi connectivity index (χ0) is 24.2. The van der Waals surface area contributed by atoms with Gasteiger partial charge >= 0.3 is 5.97 Å². The molecule has 178 valence electrons. The van der Waals surface area contributed by atoms with Crippen LogP contribution < -0.4 is 4.90 Å². The largest absolute Gasteiger partial charge is 0.465 e. The minimum atomic E-state index is -3.92. The average Bonchev–Trinajstić information content (AvgIpc) is 2.77. The van der Waals surface area contributed by atoms with Gasteiger partial charge in [0.25, 0.3) is 5.69 Å². The van der Waals surface area contributed by atoms with E-state index in [1.807, 2.05) is 32.0 Å². The number of nitro benzene ring substituents is 1. The quantitative estimate of drug-likeness (QED) is 0.238. The maximum absolute atomic E-state index is 13.3. The lowest BCUT2D eigenvalue weighted by Crippen LogP contribution is -2.53. The minimum Gasteiger partial charge on any atom is -0.465 e. The number of rotatable bonds is 8. The highest BCUT2D eigenvalue weighted by Gasteiger charge is 2.33. The fraction of sp³-hybridized carbons (Fsp3) is 0.409. The Morgan fingerprint density at radius 3 is 2.64 bits per heavy atom. The first-order valence-electron chi connectivity index (χ1n) is 10.5. The maximum atomic E-state index is 13.3. The van der Waals surface area contributed by atoms with Gasteiger partial charge in [0.2, 0.25) is 10.0 Å². The summed E-state index contributed by atoms with van der Waals surface area (Å²) in [6.45, 7) is 6.91. The number of nitrogens with zero attached hydrogens (tertiary/aromatic N) is 3. The lowest BCUT2D eigenvalue weighted by atomic mass is 10.1. The van der Waals surface area contributed by atoms with Gasteiger partial charge in [0.15, 0.2) is 0 Å². The third-order valence-electron chi connectivity index (χ3n) is 5.34. The summed E-state index contributed by atoms with van der Waals surface area (Å²) in [5, 5.41) is 11.6. The van der Waals surface area contributed by atoms with Crippen LogP contribution in [-0.2, 0) is 19.6 Å². The molecule has 2 aromatic rings. The number of thioether (sulfide) groups is 1. The number of hydrogen-bond acceptors (Lipinski definition) is 8. The fourth-order valence-corrected chi connectivity index (χ4v) is 6.08. The molecule has 1 atom stereocenters. The van der Waals surface area contributed by atoms with Crippen LogP contribution in [0.5, 0.6) is 0 Å².